The molecular formula is C13H16BrNO3. The molecule has 1 aliphatic rings. The van der Waals surface area contributed by atoms with Gasteiger partial charge in [-0.05, 0) is 49.7 Å². The summed E-state index contributed by atoms with van der Waals surface area (Å²) in [5, 5.41) is 9.47. The summed E-state index contributed by atoms with van der Waals surface area (Å²) in [6.07, 6.45) is 2.12. The maximum Gasteiger partial charge on any atom is 0.325 e. The third kappa shape index (κ3) is 2.67. The number of carbonyl (C=O) groups is 1. The van der Waals surface area contributed by atoms with Crippen LogP contribution in [0.3, 0.4) is 0 Å². The van der Waals surface area contributed by atoms with Crippen LogP contribution in [0.4, 0.5) is 0 Å². The van der Waals surface area contributed by atoms with E-state index in [1.165, 1.54) is 0 Å². The second kappa shape index (κ2) is 5.71. The van der Waals surface area contributed by atoms with Crippen LogP contribution in [0.1, 0.15) is 24.4 Å². The van der Waals surface area contributed by atoms with Gasteiger partial charge in [-0.1, -0.05) is 15.9 Å². The number of carboxylic acids is 1. The van der Waals surface area contributed by atoms with Crippen molar-refractivity contribution in [3.63, 3.8) is 0 Å². The summed E-state index contributed by atoms with van der Waals surface area (Å²) in [5.74, 6) is -0.135. The van der Waals surface area contributed by atoms with Crippen molar-refractivity contribution < 1.29 is 14.6 Å². The summed E-state index contributed by atoms with van der Waals surface area (Å²) in [6, 6.07) is 4.84. The maximum atomic E-state index is 11.5. The third-order valence-corrected chi connectivity index (χ3v) is 3.96. The molecule has 0 spiro atoms. The van der Waals surface area contributed by atoms with Crippen LogP contribution in [0.2, 0.25) is 0 Å². The number of methoxy groups -OCH3 is 1. The van der Waals surface area contributed by atoms with Crippen LogP contribution in [0.25, 0.3) is 0 Å². The van der Waals surface area contributed by atoms with E-state index in [0.29, 0.717) is 5.75 Å². The van der Waals surface area contributed by atoms with Crippen LogP contribution < -0.4 is 4.74 Å². The highest BCUT2D eigenvalue weighted by atomic mass is 79.9. The van der Waals surface area contributed by atoms with Crippen molar-refractivity contribution in [2.24, 2.45) is 0 Å². The quantitative estimate of drug-likeness (QED) is 0.928. The van der Waals surface area contributed by atoms with Crippen molar-refractivity contribution in [3.05, 3.63) is 28.2 Å². The lowest BCUT2D eigenvalue weighted by Crippen LogP contribution is -2.32. The molecule has 1 unspecified atom stereocenters. The highest BCUT2D eigenvalue weighted by Crippen LogP contribution is 2.33. The summed E-state index contributed by atoms with van der Waals surface area (Å²) >= 11 is 3.43. The Morgan fingerprint density at radius 2 is 2.11 bits per heavy atom. The SMILES string of the molecule is COc1ccc(Br)c(C(C(=O)O)N2CCCC2)c1. The number of ether oxygens (including phenoxy) is 1. The molecule has 1 aromatic rings. The van der Waals surface area contributed by atoms with Crippen LogP contribution in [0, 0.1) is 0 Å². The minimum absolute atomic E-state index is 0.600. The normalized spacial score (nSPS) is 17.7. The Morgan fingerprint density at radius 3 is 2.67 bits per heavy atom. The lowest BCUT2D eigenvalue weighted by molar-refractivity contribution is -0.143. The number of hydrogen-bond donors (Lipinski definition) is 1. The molecule has 5 heteroatoms. The van der Waals surface area contributed by atoms with E-state index in [-0.39, 0.29) is 0 Å². The van der Waals surface area contributed by atoms with Gasteiger partial charge in [-0.15, -0.1) is 0 Å². The summed E-state index contributed by atoms with van der Waals surface area (Å²) in [4.78, 5) is 13.5. The third-order valence-electron chi connectivity index (χ3n) is 3.24. The first-order valence-electron chi connectivity index (χ1n) is 5.94. The standard InChI is InChI=1S/C13H16BrNO3/c1-18-9-4-5-11(14)10(8-9)12(13(16)17)15-6-2-3-7-15/h4-5,8,12H,2-3,6-7H2,1H3,(H,16,17). The van der Waals surface area contributed by atoms with Gasteiger partial charge >= 0.3 is 5.97 Å². The van der Waals surface area contributed by atoms with Gasteiger partial charge in [0.1, 0.15) is 11.8 Å². The van der Waals surface area contributed by atoms with Crippen LogP contribution in [-0.2, 0) is 4.79 Å². The number of halogens is 1. The Labute approximate surface area is 115 Å². The Hall–Kier alpha value is -1.07. The van der Waals surface area contributed by atoms with Gasteiger partial charge in [0.05, 0.1) is 7.11 Å². The Balaban J connectivity index is 2.38. The molecule has 4 nitrogen and oxygen atoms in total. The number of carboxylic acid groups (broad SMARTS) is 1. The first-order chi connectivity index (χ1) is 8.63. The molecule has 0 amide bonds. The van der Waals surface area contributed by atoms with Crippen LogP contribution in [0.15, 0.2) is 22.7 Å². The zero-order valence-electron chi connectivity index (χ0n) is 10.2. The lowest BCUT2D eigenvalue weighted by atomic mass is 10.1. The second-order valence-corrected chi connectivity index (χ2v) is 5.23. The smallest absolute Gasteiger partial charge is 0.325 e. The molecule has 0 aliphatic carbocycles. The van der Waals surface area contributed by atoms with Gasteiger partial charge in [0, 0.05) is 4.47 Å². The molecular weight excluding hydrogens is 298 g/mol. The Kier molecular flexibility index (Phi) is 4.24. The van der Waals surface area contributed by atoms with Crippen molar-refractivity contribution >= 4 is 21.9 Å². The van der Waals surface area contributed by atoms with E-state index in [2.05, 4.69) is 15.9 Å². The Bertz CT molecular complexity index is 444. The van der Waals surface area contributed by atoms with E-state index in [1.807, 2.05) is 17.0 Å². The van der Waals surface area contributed by atoms with Gasteiger partial charge in [-0.25, -0.2) is 0 Å². The predicted molar refractivity (Wildman–Crippen MR) is 71.9 cm³/mol. The summed E-state index contributed by atoms with van der Waals surface area (Å²) < 4.78 is 5.98. The van der Waals surface area contributed by atoms with Gasteiger partial charge in [0.15, 0.2) is 0 Å². The fourth-order valence-electron chi connectivity index (χ4n) is 2.34. The zero-order chi connectivity index (χ0) is 13.1. The van der Waals surface area contributed by atoms with Gasteiger partial charge < -0.3 is 9.84 Å². The van der Waals surface area contributed by atoms with Gasteiger partial charge in [0.2, 0.25) is 0 Å². The van der Waals surface area contributed by atoms with E-state index in [0.717, 1.165) is 36.0 Å². The lowest BCUT2D eigenvalue weighted by Gasteiger charge is -2.25. The van der Waals surface area contributed by atoms with E-state index < -0.39 is 12.0 Å². The number of benzene rings is 1. The van der Waals surface area contributed by atoms with Gasteiger partial charge in [-0.3, -0.25) is 9.69 Å². The fourth-order valence-corrected chi connectivity index (χ4v) is 2.81. The topological polar surface area (TPSA) is 49.8 Å². The molecule has 0 radical (unpaired) electrons. The minimum atomic E-state index is -0.814. The molecule has 1 N–H and O–H groups in total. The van der Waals surface area contributed by atoms with Gasteiger partial charge in [0.25, 0.3) is 0 Å². The molecule has 1 heterocycles. The van der Waals surface area contributed by atoms with Crippen LogP contribution in [0.5, 0.6) is 5.75 Å². The molecule has 2 rings (SSSR count). The number of nitrogens with zero attached hydrogens (tertiary/aromatic N) is 1. The first-order valence-corrected chi connectivity index (χ1v) is 6.73. The molecule has 0 aromatic heterocycles. The van der Waals surface area contributed by atoms with E-state index in [9.17, 15) is 9.90 Å². The maximum absolute atomic E-state index is 11.5. The van der Waals surface area contributed by atoms with Crippen LogP contribution >= 0.6 is 15.9 Å². The average molecular weight is 314 g/mol. The van der Waals surface area contributed by atoms with Crippen LogP contribution in [-0.4, -0.2) is 36.2 Å². The monoisotopic (exact) mass is 313 g/mol. The number of likely N-dealkylation sites (tertiary alicyclic amines) is 1. The molecule has 98 valence electrons. The predicted octanol–water partition coefficient (Wildman–Crippen LogP) is 2.68. The Morgan fingerprint density at radius 1 is 1.44 bits per heavy atom. The largest absolute Gasteiger partial charge is 0.497 e. The molecule has 1 fully saturated rings. The number of rotatable bonds is 4. The number of hydrogen-bond acceptors (Lipinski definition) is 3. The van der Waals surface area contributed by atoms with E-state index >= 15 is 0 Å². The minimum Gasteiger partial charge on any atom is -0.497 e. The fraction of sp³-hybridized carbons (Fsp3) is 0.462. The first kappa shape index (κ1) is 13.4. The molecule has 0 saturated carbocycles. The summed E-state index contributed by atoms with van der Waals surface area (Å²) in [5.41, 5.74) is 0.753. The molecule has 1 saturated heterocycles. The van der Waals surface area contributed by atoms with E-state index in [4.69, 9.17) is 4.74 Å². The van der Waals surface area contributed by atoms with Crippen molar-refractivity contribution in [2.75, 3.05) is 20.2 Å². The van der Waals surface area contributed by atoms with Crippen molar-refractivity contribution in [2.45, 2.75) is 18.9 Å². The molecule has 1 aliphatic heterocycles. The highest BCUT2D eigenvalue weighted by molar-refractivity contribution is 9.10. The molecule has 0 bridgehead atoms. The summed E-state index contributed by atoms with van der Waals surface area (Å²) in [7, 11) is 1.58. The summed E-state index contributed by atoms with van der Waals surface area (Å²) in [6.45, 7) is 1.67. The van der Waals surface area contributed by atoms with Crippen molar-refractivity contribution in [3.8, 4) is 5.75 Å². The molecule has 1 aromatic carbocycles. The van der Waals surface area contributed by atoms with Gasteiger partial charge in [-0.2, -0.15) is 0 Å². The van der Waals surface area contributed by atoms with Crippen molar-refractivity contribution in [1.29, 1.82) is 0 Å². The second-order valence-electron chi connectivity index (χ2n) is 4.37. The highest BCUT2D eigenvalue weighted by Gasteiger charge is 2.31. The zero-order valence-corrected chi connectivity index (χ0v) is 11.8. The van der Waals surface area contributed by atoms with E-state index in [1.54, 1.807) is 13.2 Å². The molecule has 18 heavy (non-hydrogen) atoms. The average Bonchev–Trinajstić information content (AvgIpc) is 2.85. The molecule has 1 atom stereocenters. The van der Waals surface area contributed by atoms with Crippen molar-refractivity contribution in [1.82, 2.24) is 4.90 Å². The number of aliphatic carboxylic acids is 1.